The molecule has 0 aromatic heterocycles. The first-order valence-corrected chi connectivity index (χ1v) is 17.9. The second kappa shape index (κ2) is 15.1. The van der Waals surface area contributed by atoms with Gasteiger partial charge in [-0.25, -0.2) is 4.39 Å². The molecule has 47 heavy (non-hydrogen) atoms. The average molecular weight is 660 g/mol. The number of alkyl halides is 1. The Hall–Kier alpha value is -1.66. The van der Waals surface area contributed by atoms with Crippen LogP contribution in [0, 0.1) is 29.6 Å². The van der Waals surface area contributed by atoms with Gasteiger partial charge in [0.2, 0.25) is 5.91 Å². The van der Waals surface area contributed by atoms with E-state index in [9.17, 15) is 4.79 Å². The molecule has 0 aromatic carbocycles. The summed E-state index contributed by atoms with van der Waals surface area (Å²) >= 11 is 0. The lowest BCUT2D eigenvalue weighted by Crippen LogP contribution is -2.64. The summed E-state index contributed by atoms with van der Waals surface area (Å²) in [5.41, 5.74) is 5.20. The fourth-order valence-corrected chi connectivity index (χ4v) is 9.60. The van der Waals surface area contributed by atoms with Crippen molar-refractivity contribution < 1.29 is 23.4 Å². The van der Waals surface area contributed by atoms with E-state index in [0.29, 0.717) is 31.8 Å². The Balaban J connectivity index is 1.13. The van der Waals surface area contributed by atoms with Gasteiger partial charge in [-0.15, -0.1) is 0 Å². The van der Waals surface area contributed by atoms with Gasteiger partial charge in [0, 0.05) is 58.5 Å². The fraction of sp³-hybridized carbons (Fsp3) is 0.857. The molecule has 0 radical (unpaired) electrons. The molecule has 1 saturated carbocycles. The van der Waals surface area contributed by atoms with Crippen LogP contribution in [0.3, 0.4) is 0 Å². The van der Waals surface area contributed by atoms with Crippen LogP contribution in [0.1, 0.15) is 58.3 Å². The molecular weight excluding hydrogens is 601 g/mol. The van der Waals surface area contributed by atoms with Crippen LogP contribution >= 0.6 is 0 Å². The summed E-state index contributed by atoms with van der Waals surface area (Å²) in [6.07, 6.45) is 9.16. The van der Waals surface area contributed by atoms with Gasteiger partial charge in [-0.3, -0.25) is 30.5 Å². The normalized spacial score (nSPS) is 42.6. The zero-order valence-corrected chi connectivity index (χ0v) is 28.8. The van der Waals surface area contributed by atoms with Crippen LogP contribution in [0.4, 0.5) is 4.39 Å². The molecule has 11 unspecified atom stereocenters. The van der Waals surface area contributed by atoms with E-state index in [1.54, 1.807) is 14.2 Å². The van der Waals surface area contributed by atoms with Crippen LogP contribution in [0.2, 0.25) is 0 Å². The van der Waals surface area contributed by atoms with Crippen molar-refractivity contribution in [3.8, 4) is 11.8 Å². The molecule has 1 amide bonds. The summed E-state index contributed by atoms with van der Waals surface area (Å²) < 4.78 is 34.3. The van der Waals surface area contributed by atoms with Crippen LogP contribution in [0.25, 0.3) is 0 Å². The molecule has 5 heterocycles. The second-order valence-electron chi connectivity index (χ2n) is 15.0. The van der Waals surface area contributed by atoms with E-state index in [0.717, 1.165) is 38.5 Å². The van der Waals surface area contributed by atoms with E-state index >= 15 is 4.39 Å². The van der Waals surface area contributed by atoms with Crippen LogP contribution in [0.15, 0.2) is 12.7 Å². The number of nitrogens with zero attached hydrogens (tertiary/aromatic N) is 3. The summed E-state index contributed by atoms with van der Waals surface area (Å²) in [6.45, 7) is 8.16. The molecule has 5 N–H and O–H groups in total. The van der Waals surface area contributed by atoms with Crippen LogP contribution < -0.4 is 21.7 Å². The fourth-order valence-electron chi connectivity index (χ4n) is 9.60. The predicted octanol–water partition coefficient (Wildman–Crippen LogP) is 1.20. The predicted molar refractivity (Wildman–Crippen MR) is 178 cm³/mol. The number of hydrogen-bond acceptors (Lipinski definition) is 10. The molecule has 1 aliphatic carbocycles. The highest BCUT2D eigenvalue weighted by Gasteiger charge is 2.55. The monoisotopic (exact) mass is 659 g/mol. The third-order valence-corrected chi connectivity index (χ3v) is 12.0. The van der Waals surface area contributed by atoms with Crippen molar-refractivity contribution in [3.05, 3.63) is 12.7 Å². The average Bonchev–Trinajstić information content (AvgIpc) is 3.34. The van der Waals surface area contributed by atoms with E-state index in [-0.39, 0.29) is 79.7 Å². The van der Waals surface area contributed by atoms with Crippen LogP contribution in [-0.2, 0) is 19.0 Å². The molecule has 5 saturated heterocycles. The molecule has 0 spiro atoms. The van der Waals surface area contributed by atoms with Gasteiger partial charge >= 0.3 is 0 Å². The molecular formula is C35H58FN7O4. The maximum atomic E-state index is 16.2. The van der Waals surface area contributed by atoms with Gasteiger partial charge in [-0.2, -0.15) is 0 Å². The molecule has 5 aliphatic heterocycles. The number of carbonyl (C=O) groups excluding carboxylic acids is 1. The molecule has 0 bridgehead atoms. The summed E-state index contributed by atoms with van der Waals surface area (Å²) in [5, 5.41) is 10.7. The van der Waals surface area contributed by atoms with Gasteiger partial charge in [0.25, 0.3) is 0 Å². The van der Waals surface area contributed by atoms with Crippen molar-refractivity contribution in [2.24, 2.45) is 23.5 Å². The summed E-state index contributed by atoms with van der Waals surface area (Å²) in [4.78, 5) is 18.7. The van der Waals surface area contributed by atoms with Gasteiger partial charge in [-0.1, -0.05) is 18.4 Å². The first-order valence-electron chi connectivity index (χ1n) is 17.9. The Morgan fingerprint density at radius 2 is 1.91 bits per heavy atom. The Kier molecular flexibility index (Phi) is 11.3. The van der Waals surface area contributed by atoms with E-state index in [1.807, 2.05) is 4.90 Å². The SMILES string of the molecule is C=CC(=O)N1CCC(N2CC(F)(C#CC3C(C4CCC(OC5CCCC(C)N5)C(OC)C4)C4C(N)NCNC4N3C)C2)C[C@H]1COC. The van der Waals surface area contributed by atoms with Gasteiger partial charge in [0.05, 0.1) is 43.2 Å². The van der Waals surface area contributed by atoms with Gasteiger partial charge in [0.15, 0.2) is 5.67 Å². The van der Waals surface area contributed by atoms with Crippen molar-refractivity contribution in [1.29, 1.82) is 0 Å². The molecule has 6 fully saturated rings. The number of halogens is 1. The minimum Gasteiger partial charge on any atom is -0.383 e. The lowest BCUT2D eigenvalue weighted by atomic mass is 9.69. The van der Waals surface area contributed by atoms with Gasteiger partial charge < -0.3 is 24.8 Å². The zero-order chi connectivity index (χ0) is 33.3. The third-order valence-electron chi connectivity index (χ3n) is 12.0. The largest absolute Gasteiger partial charge is 0.383 e. The van der Waals surface area contributed by atoms with Crippen LogP contribution in [-0.4, -0.2) is 135 Å². The van der Waals surface area contributed by atoms with Crippen LogP contribution in [0.5, 0.6) is 0 Å². The highest BCUT2D eigenvalue weighted by Crippen LogP contribution is 2.46. The molecule has 12 heteroatoms. The third kappa shape index (κ3) is 7.44. The number of carbonyl (C=O) groups is 1. The number of fused-ring (bicyclic) bond motifs is 1. The standard InChI is InChI=1S/C35H58FN7O4/c1-6-30(44)43-15-13-24(17-25(43)18-45-4)42-19-35(36,20-42)14-12-26-31(32-33(37)38-21-39-34(32)41(26)3)23-10-11-27(28(16-23)46-5)47-29-9-7-8-22(2)40-29/h6,22-29,31-34,38-40H,1,7-11,13,15-21,37H2,2-5H3/t22?,23?,24?,25-,26?,27?,28?,29?,31?,32?,33?,34?/m0/s1. The van der Waals surface area contributed by atoms with E-state index < -0.39 is 5.67 Å². The number of likely N-dealkylation sites (tertiary alicyclic amines) is 3. The number of rotatable bonds is 8. The first kappa shape index (κ1) is 35.2. The maximum Gasteiger partial charge on any atom is 0.246 e. The Morgan fingerprint density at radius 3 is 2.64 bits per heavy atom. The van der Waals surface area contributed by atoms with Crippen molar-refractivity contribution >= 4 is 5.91 Å². The van der Waals surface area contributed by atoms with Gasteiger partial charge in [-0.05, 0) is 83.2 Å². The molecule has 12 atom stereocenters. The number of ether oxygens (including phenoxy) is 3. The highest BCUT2D eigenvalue weighted by molar-refractivity contribution is 5.87. The summed E-state index contributed by atoms with van der Waals surface area (Å²) in [6, 6.07) is 0.512. The van der Waals surface area contributed by atoms with Crippen molar-refractivity contribution in [2.75, 3.05) is 54.2 Å². The zero-order valence-electron chi connectivity index (χ0n) is 28.8. The number of amides is 1. The molecule has 264 valence electrons. The minimum atomic E-state index is -1.55. The van der Waals surface area contributed by atoms with E-state index in [1.165, 1.54) is 18.9 Å². The second-order valence-corrected chi connectivity index (χ2v) is 15.0. The lowest BCUT2D eigenvalue weighted by Gasteiger charge is -2.50. The van der Waals surface area contributed by atoms with Crippen molar-refractivity contribution in [1.82, 2.24) is 30.7 Å². The number of hydrogen-bond donors (Lipinski definition) is 4. The number of nitrogens with two attached hydrogens (primary N) is 1. The highest BCUT2D eigenvalue weighted by atomic mass is 19.1. The molecule has 6 rings (SSSR count). The number of methoxy groups -OCH3 is 2. The number of nitrogens with one attached hydrogen (secondary N) is 3. The van der Waals surface area contributed by atoms with Gasteiger partial charge in [0.1, 0.15) is 6.23 Å². The quantitative estimate of drug-likeness (QED) is 0.224. The Bertz CT molecular complexity index is 1160. The Labute approximate surface area is 280 Å². The smallest absolute Gasteiger partial charge is 0.246 e. The summed E-state index contributed by atoms with van der Waals surface area (Å²) in [7, 11) is 5.55. The molecule has 11 nitrogen and oxygen atoms in total. The molecule has 6 aliphatic rings. The molecule has 0 aromatic rings. The maximum absolute atomic E-state index is 16.2. The van der Waals surface area contributed by atoms with Crippen molar-refractivity contribution in [3.63, 3.8) is 0 Å². The van der Waals surface area contributed by atoms with E-state index in [4.69, 9.17) is 19.9 Å². The van der Waals surface area contributed by atoms with E-state index in [2.05, 4.69) is 58.1 Å². The lowest BCUT2D eigenvalue weighted by molar-refractivity contribution is -0.137. The Morgan fingerprint density at radius 1 is 1.11 bits per heavy atom. The first-order chi connectivity index (χ1) is 22.6. The number of piperidine rings is 2. The minimum absolute atomic E-state index is 0.00526. The topological polar surface area (TPSA) is 117 Å². The van der Waals surface area contributed by atoms with Crippen molar-refractivity contribution in [2.45, 2.75) is 119 Å². The summed E-state index contributed by atoms with van der Waals surface area (Å²) in [5.74, 6) is 7.18.